The first kappa shape index (κ1) is 9.31. The average molecular weight is 167 g/mol. The third-order valence-electron chi connectivity index (χ3n) is 0.619. The Morgan fingerprint density at radius 1 is 1.56 bits per heavy atom. The summed E-state index contributed by atoms with van der Waals surface area (Å²) in [4.78, 5) is 10.2. The molecule has 0 radical (unpaired) electrons. The van der Waals surface area contributed by atoms with Crippen LogP contribution in [0.5, 0.6) is 0 Å². The summed E-state index contributed by atoms with van der Waals surface area (Å²) >= 11 is 6.68. The predicted octanol–water partition coefficient (Wildman–Crippen LogP) is 2.28. The summed E-state index contributed by atoms with van der Waals surface area (Å²) in [5.74, 6) is 0.408. The third kappa shape index (κ3) is 8.31. The van der Waals surface area contributed by atoms with Gasteiger partial charge in [-0.25, -0.2) is 0 Å². The Balaban J connectivity index is 3.39. The SMILES string of the molecule is CC(C)(C)SCC(=O)Cl. The number of thioether (sulfide) groups is 1. The van der Waals surface area contributed by atoms with Gasteiger partial charge in [0, 0.05) is 4.75 Å². The highest BCUT2D eigenvalue weighted by molar-refractivity contribution is 8.01. The minimum absolute atomic E-state index is 0.143. The zero-order chi connectivity index (χ0) is 7.49. The molecule has 0 N–H and O–H groups in total. The number of carbonyl (C=O) groups is 1. The van der Waals surface area contributed by atoms with Gasteiger partial charge in [0.1, 0.15) is 0 Å². The lowest BCUT2D eigenvalue weighted by molar-refractivity contribution is -0.109. The van der Waals surface area contributed by atoms with Gasteiger partial charge in [0.2, 0.25) is 5.24 Å². The molecule has 0 rings (SSSR count). The Hall–Kier alpha value is 0.310. The summed E-state index contributed by atoms with van der Waals surface area (Å²) in [7, 11) is 0. The van der Waals surface area contributed by atoms with Crippen LogP contribution < -0.4 is 0 Å². The molecule has 3 heteroatoms. The lowest BCUT2D eigenvalue weighted by Gasteiger charge is -2.15. The Labute approximate surface area is 65.2 Å². The van der Waals surface area contributed by atoms with Gasteiger partial charge in [-0.05, 0) is 11.6 Å². The molecule has 0 heterocycles. The van der Waals surface area contributed by atoms with E-state index in [1.165, 1.54) is 0 Å². The van der Waals surface area contributed by atoms with Gasteiger partial charge in [-0.15, -0.1) is 11.8 Å². The van der Waals surface area contributed by atoms with Crippen molar-refractivity contribution < 1.29 is 4.79 Å². The van der Waals surface area contributed by atoms with Crippen LogP contribution in [0.3, 0.4) is 0 Å². The highest BCUT2D eigenvalue weighted by Crippen LogP contribution is 2.22. The van der Waals surface area contributed by atoms with Crippen LogP contribution in [-0.2, 0) is 4.79 Å². The highest BCUT2D eigenvalue weighted by atomic mass is 35.5. The Bertz CT molecular complexity index is 106. The summed E-state index contributed by atoms with van der Waals surface area (Å²) in [6.07, 6.45) is 0. The maximum Gasteiger partial charge on any atom is 0.231 e. The first-order chi connectivity index (χ1) is 3.92. The summed E-state index contributed by atoms with van der Waals surface area (Å²) in [6.45, 7) is 6.16. The average Bonchev–Trinajstić information content (AvgIpc) is 1.59. The third-order valence-corrected chi connectivity index (χ3v) is 2.18. The van der Waals surface area contributed by atoms with E-state index >= 15 is 0 Å². The fourth-order valence-electron chi connectivity index (χ4n) is 0.273. The van der Waals surface area contributed by atoms with Crippen LogP contribution in [0, 0.1) is 0 Å². The van der Waals surface area contributed by atoms with Gasteiger partial charge in [0.25, 0.3) is 0 Å². The van der Waals surface area contributed by atoms with Crippen molar-refractivity contribution in [1.29, 1.82) is 0 Å². The second kappa shape index (κ2) is 3.47. The molecular weight excluding hydrogens is 156 g/mol. The number of carbonyl (C=O) groups excluding carboxylic acids is 1. The topological polar surface area (TPSA) is 17.1 Å². The van der Waals surface area contributed by atoms with Crippen molar-refractivity contribution >= 4 is 28.6 Å². The van der Waals surface area contributed by atoms with Crippen molar-refractivity contribution in [2.24, 2.45) is 0 Å². The van der Waals surface area contributed by atoms with Gasteiger partial charge in [-0.3, -0.25) is 4.79 Å². The molecule has 0 spiro atoms. The normalized spacial score (nSPS) is 11.6. The molecule has 0 aromatic heterocycles. The number of hydrogen-bond acceptors (Lipinski definition) is 2. The van der Waals surface area contributed by atoms with E-state index < -0.39 is 0 Å². The van der Waals surface area contributed by atoms with Crippen LogP contribution in [0.1, 0.15) is 20.8 Å². The van der Waals surface area contributed by atoms with Crippen molar-refractivity contribution in [2.75, 3.05) is 5.75 Å². The molecule has 0 saturated carbocycles. The quantitative estimate of drug-likeness (QED) is 0.586. The summed E-state index contributed by atoms with van der Waals surface area (Å²) < 4.78 is 0.143. The molecule has 0 aromatic rings. The molecule has 0 aromatic carbocycles. The standard InChI is InChI=1S/C6H11ClOS/c1-6(2,3)9-4-5(7)8/h4H2,1-3H3. The van der Waals surface area contributed by atoms with Crippen molar-refractivity contribution in [3.63, 3.8) is 0 Å². The van der Waals surface area contributed by atoms with Crippen LogP contribution in [0.4, 0.5) is 0 Å². The van der Waals surface area contributed by atoms with Crippen molar-refractivity contribution in [3.05, 3.63) is 0 Å². The van der Waals surface area contributed by atoms with Crippen molar-refractivity contribution in [3.8, 4) is 0 Å². The van der Waals surface area contributed by atoms with Crippen LogP contribution in [0.2, 0.25) is 0 Å². The van der Waals surface area contributed by atoms with Crippen LogP contribution >= 0.6 is 23.4 Å². The van der Waals surface area contributed by atoms with E-state index in [-0.39, 0.29) is 9.99 Å². The molecule has 54 valence electrons. The largest absolute Gasteiger partial charge is 0.280 e. The Morgan fingerprint density at radius 3 is 2.11 bits per heavy atom. The highest BCUT2D eigenvalue weighted by Gasteiger charge is 2.11. The van der Waals surface area contributed by atoms with E-state index in [2.05, 4.69) is 20.8 Å². The molecule has 9 heavy (non-hydrogen) atoms. The van der Waals surface area contributed by atoms with Crippen molar-refractivity contribution in [1.82, 2.24) is 0 Å². The Kier molecular flexibility index (Phi) is 3.59. The second-order valence-corrected chi connectivity index (χ2v) is 4.98. The van der Waals surface area contributed by atoms with Gasteiger partial charge >= 0.3 is 0 Å². The lowest BCUT2D eigenvalue weighted by Crippen LogP contribution is -2.10. The molecule has 0 aliphatic rings. The molecule has 0 aliphatic heterocycles. The van der Waals surface area contributed by atoms with E-state index in [1.807, 2.05) is 0 Å². The smallest absolute Gasteiger partial charge is 0.231 e. The van der Waals surface area contributed by atoms with Crippen LogP contribution in [0.25, 0.3) is 0 Å². The van der Waals surface area contributed by atoms with E-state index in [0.29, 0.717) is 5.75 Å². The van der Waals surface area contributed by atoms with Gasteiger partial charge in [0.15, 0.2) is 0 Å². The van der Waals surface area contributed by atoms with E-state index in [0.717, 1.165) is 0 Å². The van der Waals surface area contributed by atoms with Gasteiger partial charge in [-0.2, -0.15) is 0 Å². The molecule has 0 fully saturated rings. The minimum atomic E-state index is -0.269. The monoisotopic (exact) mass is 166 g/mol. The van der Waals surface area contributed by atoms with Gasteiger partial charge in [0.05, 0.1) is 5.75 Å². The zero-order valence-corrected chi connectivity index (χ0v) is 7.47. The van der Waals surface area contributed by atoms with Crippen molar-refractivity contribution in [2.45, 2.75) is 25.5 Å². The molecule has 0 amide bonds. The van der Waals surface area contributed by atoms with Gasteiger partial charge < -0.3 is 0 Å². The van der Waals surface area contributed by atoms with Crippen LogP contribution in [0.15, 0.2) is 0 Å². The second-order valence-electron chi connectivity index (χ2n) is 2.76. The minimum Gasteiger partial charge on any atom is -0.280 e. The fourth-order valence-corrected chi connectivity index (χ4v) is 0.983. The molecule has 0 aliphatic carbocycles. The van der Waals surface area contributed by atoms with E-state index in [4.69, 9.17) is 11.6 Å². The van der Waals surface area contributed by atoms with Crippen LogP contribution in [-0.4, -0.2) is 15.7 Å². The first-order valence-electron chi connectivity index (χ1n) is 2.74. The van der Waals surface area contributed by atoms with E-state index in [1.54, 1.807) is 11.8 Å². The van der Waals surface area contributed by atoms with E-state index in [9.17, 15) is 4.79 Å². The number of rotatable bonds is 2. The molecule has 0 atom stereocenters. The van der Waals surface area contributed by atoms with Gasteiger partial charge in [-0.1, -0.05) is 20.8 Å². The summed E-state index contributed by atoms with van der Waals surface area (Å²) in [6, 6.07) is 0. The zero-order valence-electron chi connectivity index (χ0n) is 5.90. The molecular formula is C6H11ClOS. The summed E-state index contributed by atoms with van der Waals surface area (Å²) in [5, 5.41) is -0.269. The summed E-state index contributed by atoms with van der Waals surface area (Å²) in [5.41, 5.74) is 0. The first-order valence-corrected chi connectivity index (χ1v) is 4.10. The molecule has 0 bridgehead atoms. The maximum atomic E-state index is 10.2. The Morgan fingerprint density at radius 2 is 2.00 bits per heavy atom. The molecule has 0 saturated heterocycles. The fraction of sp³-hybridized carbons (Fsp3) is 0.833. The predicted molar refractivity (Wildman–Crippen MR) is 43.1 cm³/mol. The lowest BCUT2D eigenvalue weighted by atomic mass is 10.3. The molecule has 1 nitrogen and oxygen atoms in total. The molecule has 0 unspecified atom stereocenters. The number of hydrogen-bond donors (Lipinski definition) is 0. The maximum absolute atomic E-state index is 10.2. The number of halogens is 1.